The summed E-state index contributed by atoms with van der Waals surface area (Å²) in [5.41, 5.74) is 2.58. The van der Waals surface area contributed by atoms with Crippen molar-refractivity contribution in [2.75, 3.05) is 5.32 Å². The summed E-state index contributed by atoms with van der Waals surface area (Å²) in [6.45, 7) is 1.81. The molecular weight excluding hydrogens is 270 g/mol. The van der Waals surface area contributed by atoms with Gasteiger partial charge in [0.15, 0.2) is 0 Å². The molecule has 3 nitrogen and oxygen atoms in total. The van der Waals surface area contributed by atoms with E-state index in [-0.39, 0.29) is 17.6 Å². The first-order valence-electron chi connectivity index (χ1n) is 6.82. The van der Waals surface area contributed by atoms with Crippen LogP contribution in [0, 0.1) is 6.92 Å². The van der Waals surface area contributed by atoms with Gasteiger partial charge in [0.2, 0.25) is 5.91 Å². The van der Waals surface area contributed by atoms with Gasteiger partial charge in [-0.2, -0.15) is 0 Å². The van der Waals surface area contributed by atoms with Gasteiger partial charge in [-0.25, -0.2) is 0 Å². The maximum atomic E-state index is 12.5. The first-order valence-corrected chi connectivity index (χ1v) is 7.70. The molecule has 0 saturated heterocycles. The number of anilines is 1. The van der Waals surface area contributed by atoms with E-state index in [0.717, 1.165) is 19.3 Å². The lowest BCUT2D eigenvalue weighted by molar-refractivity contribution is -0.117. The van der Waals surface area contributed by atoms with Gasteiger partial charge in [-0.05, 0) is 55.3 Å². The number of phenolic OH excluding ortho intramolecular Hbond substituents is 1. The summed E-state index contributed by atoms with van der Waals surface area (Å²) in [7, 11) is 0. The highest BCUT2D eigenvalue weighted by Gasteiger charge is 2.27. The van der Waals surface area contributed by atoms with Crippen molar-refractivity contribution < 1.29 is 9.90 Å². The van der Waals surface area contributed by atoms with Crippen molar-refractivity contribution in [3.8, 4) is 5.75 Å². The Labute approximate surface area is 122 Å². The van der Waals surface area contributed by atoms with Gasteiger partial charge in [-0.3, -0.25) is 4.79 Å². The van der Waals surface area contributed by atoms with Crippen molar-refractivity contribution >= 4 is 22.9 Å². The maximum absolute atomic E-state index is 12.5. The molecule has 1 atom stereocenters. The van der Waals surface area contributed by atoms with Crippen LogP contribution in [0.5, 0.6) is 5.75 Å². The van der Waals surface area contributed by atoms with Crippen LogP contribution in [0.2, 0.25) is 0 Å². The Morgan fingerprint density at radius 1 is 1.40 bits per heavy atom. The number of benzene rings is 1. The molecule has 4 heteroatoms. The van der Waals surface area contributed by atoms with Crippen LogP contribution in [0.4, 0.5) is 5.69 Å². The fourth-order valence-corrected chi connectivity index (χ4v) is 3.72. The monoisotopic (exact) mass is 287 g/mol. The number of aryl methyl sites for hydroxylation is 1. The molecule has 104 valence electrons. The van der Waals surface area contributed by atoms with Crippen molar-refractivity contribution in [2.45, 2.75) is 32.1 Å². The zero-order valence-corrected chi connectivity index (χ0v) is 12.2. The fourth-order valence-electron chi connectivity index (χ4n) is 2.74. The van der Waals surface area contributed by atoms with Gasteiger partial charge < -0.3 is 10.4 Å². The van der Waals surface area contributed by atoms with E-state index >= 15 is 0 Å². The molecular formula is C16H17NO2S. The van der Waals surface area contributed by atoms with Crippen LogP contribution in [-0.2, 0) is 11.2 Å². The van der Waals surface area contributed by atoms with Gasteiger partial charge in [-0.1, -0.05) is 6.07 Å². The van der Waals surface area contributed by atoms with Gasteiger partial charge in [0, 0.05) is 16.1 Å². The molecule has 1 aliphatic carbocycles. The lowest BCUT2D eigenvalue weighted by Gasteiger charge is -2.22. The molecule has 0 spiro atoms. The number of carbonyl (C=O) groups is 1. The molecule has 0 fully saturated rings. The van der Waals surface area contributed by atoms with Crippen LogP contribution in [0.1, 0.15) is 34.8 Å². The SMILES string of the molecule is Cc1c(O)cccc1NC(=O)C1CCCc2sccc21. The van der Waals surface area contributed by atoms with Gasteiger partial charge in [0.25, 0.3) is 0 Å². The van der Waals surface area contributed by atoms with E-state index in [4.69, 9.17) is 0 Å². The summed E-state index contributed by atoms with van der Waals surface area (Å²) in [5, 5.41) is 14.7. The molecule has 3 rings (SSSR count). The summed E-state index contributed by atoms with van der Waals surface area (Å²) >= 11 is 1.74. The van der Waals surface area contributed by atoms with Crippen LogP contribution in [0.25, 0.3) is 0 Å². The second-order valence-electron chi connectivity index (χ2n) is 5.18. The predicted molar refractivity (Wildman–Crippen MR) is 81.5 cm³/mol. The normalized spacial score (nSPS) is 17.6. The summed E-state index contributed by atoms with van der Waals surface area (Å²) in [5.74, 6) is 0.174. The maximum Gasteiger partial charge on any atom is 0.231 e. The van der Waals surface area contributed by atoms with Crippen molar-refractivity contribution in [2.24, 2.45) is 0 Å². The molecule has 1 aromatic carbocycles. The molecule has 0 radical (unpaired) electrons. The highest BCUT2D eigenvalue weighted by atomic mass is 32.1. The summed E-state index contributed by atoms with van der Waals surface area (Å²) in [4.78, 5) is 13.8. The molecule has 1 amide bonds. The molecule has 2 N–H and O–H groups in total. The average Bonchev–Trinajstić information content (AvgIpc) is 2.92. The van der Waals surface area contributed by atoms with Gasteiger partial charge in [0.05, 0.1) is 5.92 Å². The minimum atomic E-state index is -0.0632. The number of phenols is 1. The zero-order valence-electron chi connectivity index (χ0n) is 11.3. The topological polar surface area (TPSA) is 49.3 Å². The molecule has 0 saturated carbocycles. The molecule has 1 unspecified atom stereocenters. The van der Waals surface area contributed by atoms with E-state index < -0.39 is 0 Å². The Morgan fingerprint density at radius 2 is 2.25 bits per heavy atom. The number of carbonyl (C=O) groups excluding carboxylic acids is 1. The zero-order chi connectivity index (χ0) is 14.1. The highest BCUT2D eigenvalue weighted by Crippen LogP contribution is 2.36. The standard InChI is InChI=1S/C16H17NO2S/c1-10-13(5-3-6-14(10)18)17-16(19)12-4-2-7-15-11(12)8-9-20-15/h3,5-6,8-9,12,18H,2,4,7H2,1H3,(H,17,19). The van der Waals surface area contributed by atoms with Crippen molar-refractivity contribution in [3.05, 3.63) is 45.6 Å². The van der Waals surface area contributed by atoms with E-state index in [1.54, 1.807) is 23.5 Å². The van der Waals surface area contributed by atoms with Gasteiger partial charge in [0.1, 0.15) is 5.75 Å². The average molecular weight is 287 g/mol. The van der Waals surface area contributed by atoms with Crippen molar-refractivity contribution in [3.63, 3.8) is 0 Å². The van der Waals surface area contributed by atoms with Crippen molar-refractivity contribution in [1.29, 1.82) is 0 Å². The Morgan fingerprint density at radius 3 is 3.10 bits per heavy atom. The Hall–Kier alpha value is -1.81. The van der Waals surface area contributed by atoms with E-state index in [0.29, 0.717) is 11.3 Å². The van der Waals surface area contributed by atoms with E-state index in [2.05, 4.69) is 16.8 Å². The van der Waals surface area contributed by atoms with Crippen LogP contribution < -0.4 is 5.32 Å². The fraction of sp³-hybridized carbons (Fsp3) is 0.312. The molecule has 2 aromatic rings. The van der Waals surface area contributed by atoms with Gasteiger partial charge in [-0.15, -0.1) is 11.3 Å². The minimum Gasteiger partial charge on any atom is -0.508 e. The quantitative estimate of drug-likeness (QED) is 0.882. The first-order chi connectivity index (χ1) is 9.66. The number of hydrogen-bond acceptors (Lipinski definition) is 3. The lowest BCUT2D eigenvalue weighted by Crippen LogP contribution is -2.24. The van der Waals surface area contributed by atoms with Crippen LogP contribution >= 0.6 is 11.3 Å². The molecule has 0 aliphatic heterocycles. The van der Waals surface area contributed by atoms with E-state index in [9.17, 15) is 9.90 Å². The smallest absolute Gasteiger partial charge is 0.231 e. The number of nitrogens with one attached hydrogen (secondary N) is 1. The highest BCUT2D eigenvalue weighted by molar-refractivity contribution is 7.10. The first kappa shape index (κ1) is 13.2. The van der Waals surface area contributed by atoms with Gasteiger partial charge >= 0.3 is 0 Å². The number of aromatic hydroxyl groups is 1. The van der Waals surface area contributed by atoms with Crippen LogP contribution in [-0.4, -0.2) is 11.0 Å². The summed E-state index contributed by atoms with van der Waals surface area (Å²) in [6, 6.07) is 7.26. The predicted octanol–water partition coefficient (Wildman–Crippen LogP) is 3.82. The summed E-state index contributed by atoms with van der Waals surface area (Å²) < 4.78 is 0. The Kier molecular flexibility index (Phi) is 3.49. The Balaban J connectivity index is 1.83. The number of rotatable bonds is 2. The van der Waals surface area contributed by atoms with Crippen LogP contribution in [0.3, 0.4) is 0 Å². The number of fused-ring (bicyclic) bond motifs is 1. The minimum absolute atomic E-state index is 0.0260. The number of hydrogen-bond donors (Lipinski definition) is 2. The Bertz CT molecular complexity index is 648. The second-order valence-corrected chi connectivity index (χ2v) is 6.18. The second kappa shape index (κ2) is 5.29. The number of amides is 1. The molecule has 0 bridgehead atoms. The molecule has 1 aliphatic rings. The third-order valence-electron chi connectivity index (χ3n) is 3.93. The van der Waals surface area contributed by atoms with Crippen LogP contribution in [0.15, 0.2) is 29.6 Å². The molecule has 20 heavy (non-hydrogen) atoms. The molecule has 1 heterocycles. The van der Waals surface area contributed by atoms with E-state index in [1.165, 1.54) is 10.4 Å². The molecule has 1 aromatic heterocycles. The van der Waals surface area contributed by atoms with Crippen molar-refractivity contribution in [1.82, 2.24) is 0 Å². The van der Waals surface area contributed by atoms with E-state index in [1.807, 2.05) is 13.0 Å². The third kappa shape index (κ3) is 2.31. The third-order valence-corrected chi connectivity index (χ3v) is 4.93. The number of thiophene rings is 1. The largest absolute Gasteiger partial charge is 0.508 e. The lowest BCUT2D eigenvalue weighted by atomic mass is 9.87. The summed E-state index contributed by atoms with van der Waals surface area (Å²) in [6.07, 6.45) is 3.04.